The Kier molecular flexibility index (Phi) is 23.7. The molecule has 0 bridgehead atoms. The number of benzene rings is 6. The summed E-state index contributed by atoms with van der Waals surface area (Å²) in [4.78, 5) is 64.3. The van der Waals surface area contributed by atoms with E-state index in [9.17, 15) is 49.5 Å². The van der Waals surface area contributed by atoms with Crippen LogP contribution in [0.1, 0.15) is 120 Å². The first-order chi connectivity index (χ1) is 52.2. The van der Waals surface area contributed by atoms with Crippen LogP contribution >= 0.6 is 58.0 Å². The third kappa shape index (κ3) is 17.5. The molecule has 109 heavy (non-hydrogen) atoms. The summed E-state index contributed by atoms with van der Waals surface area (Å²) in [5.74, 6) is -3.32. The Bertz CT molecular complexity index is 4980. The number of anilines is 3. The van der Waals surface area contributed by atoms with E-state index in [1.807, 2.05) is 90.4 Å². The average molecular weight is 1590 g/mol. The van der Waals surface area contributed by atoms with Gasteiger partial charge in [0.1, 0.15) is 45.1 Å². The number of hydrogen-bond acceptors (Lipinski definition) is 9. The van der Waals surface area contributed by atoms with Crippen molar-refractivity contribution in [3.63, 3.8) is 0 Å². The Morgan fingerprint density at radius 1 is 0.431 bits per heavy atom. The van der Waals surface area contributed by atoms with Gasteiger partial charge in [-0.2, -0.15) is 13.2 Å². The van der Waals surface area contributed by atoms with Crippen molar-refractivity contribution in [2.45, 2.75) is 74.8 Å². The van der Waals surface area contributed by atoms with Crippen LogP contribution in [0.3, 0.4) is 0 Å². The fraction of sp³-hybridized carbons (Fsp3) is 0.286. The molecule has 3 aromatic heterocycles. The van der Waals surface area contributed by atoms with Gasteiger partial charge in [0.2, 0.25) is 0 Å². The number of aryl methyl sites for hydroxylation is 2. The second-order valence-corrected chi connectivity index (χ2v) is 30.6. The summed E-state index contributed by atoms with van der Waals surface area (Å²) in [5.41, 5.74) is 6.95. The van der Waals surface area contributed by atoms with Gasteiger partial charge in [-0.05, 0) is 230 Å². The summed E-state index contributed by atoms with van der Waals surface area (Å²) in [6.07, 6.45) is 11.8. The van der Waals surface area contributed by atoms with Crippen molar-refractivity contribution in [3.8, 4) is 0 Å². The zero-order valence-electron chi connectivity index (χ0n) is 59.4. The minimum absolute atomic E-state index is 0.0223. The van der Waals surface area contributed by atoms with Gasteiger partial charge in [0.25, 0.3) is 17.7 Å². The van der Waals surface area contributed by atoms with Crippen LogP contribution < -0.4 is 14.7 Å². The van der Waals surface area contributed by atoms with Crippen molar-refractivity contribution in [1.29, 1.82) is 0 Å². The molecule has 9 aromatic rings. The van der Waals surface area contributed by atoms with Crippen LogP contribution in [0.15, 0.2) is 176 Å². The highest BCUT2D eigenvalue weighted by Gasteiger charge is 2.50. The Balaban J connectivity index is 0.000000144. The van der Waals surface area contributed by atoms with Crippen LogP contribution in [-0.2, 0) is 22.4 Å². The second-order valence-electron chi connectivity index (χ2n) is 28.5. The number of carbonyl (C=O) groups is 3. The van der Waals surface area contributed by atoms with Crippen LogP contribution in [0.2, 0.25) is 25.4 Å². The first kappa shape index (κ1) is 78.3. The smallest absolute Gasteiger partial charge is 0.307 e. The molecule has 0 unspecified atom stereocenters. The van der Waals surface area contributed by atoms with E-state index < -0.39 is 41.0 Å². The highest BCUT2D eigenvalue weighted by molar-refractivity contribution is 6.32. The van der Waals surface area contributed by atoms with Gasteiger partial charge in [0, 0.05) is 145 Å². The molecule has 15 rings (SSSR count). The molecular formula is C84H74Cl5F8N9O3. The SMILES string of the molecule is Cc1cc(C(=O)N2CC3(CCN(C/C=C/c4c(F)cccc4F)CC3)c3cc(Cl)ccc32)cc(Cl)n1.Cc1cc(C(=O)N2CC3(CCN(C/C=C/c4ccccc4F)CC3)c3cc(Cl)ccc32)cc(Cl)n1.O=C(c1ccnc(C(F)(F)F)c1)N1CC2(CCN(C/C=C/c3ccc(F)cc3F)CC2)c2cc(Cl)ccc21. The first-order valence-electron chi connectivity index (χ1n) is 35.6. The van der Waals surface area contributed by atoms with Gasteiger partial charge < -0.3 is 14.7 Å². The highest BCUT2D eigenvalue weighted by atomic mass is 35.5. The predicted molar refractivity (Wildman–Crippen MR) is 415 cm³/mol. The monoisotopic (exact) mass is 1580 g/mol. The average Bonchev–Trinajstić information content (AvgIpc) is 1.60. The van der Waals surface area contributed by atoms with Crippen LogP contribution in [-0.4, -0.2) is 126 Å². The first-order valence-corrected chi connectivity index (χ1v) is 37.5. The summed E-state index contributed by atoms with van der Waals surface area (Å²) in [6.45, 7) is 11.8. The van der Waals surface area contributed by atoms with Gasteiger partial charge in [-0.3, -0.25) is 34.1 Å². The van der Waals surface area contributed by atoms with Crippen molar-refractivity contribution in [1.82, 2.24) is 29.7 Å². The predicted octanol–water partition coefficient (Wildman–Crippen LogP) is 20.0. The maximum absolute atomic E-state index is 13.9. The zero-order valence-corrected chi connectivity index (χ0v) is 63.1. The van der Waals surface area contributed by atoms with Gasteiger partial charge in [0.05, 0.1) is 0 Å². The lowest BCUT2D eigenvalue weighted by atomic mass is 9.74. The number of carbonyl (C=O) groups excluding carboxylic acids is 3. The van der Waals surface area contributed by atoms with Gasteiger partial charge in [0.15, 0.2) is 0 Å². The van der Waals surface area contributed by atoms with Gasteiger partial charge in [-0.25, -0.2) is 31.9 Å². The maximum atomic E-state index is 13.9. The third-order valence-corrected chi connectivity index (χ3v) is 22.6. The number of hydrogen-bond donors (Lipinski definition) is 0. The van der Waals surface area contributed by atoms with Crippen molar-refractivity contribution in [2.75, 3.05) is 93.2 Å². The molecule has 0 aliphatic carbocycles. The minimum Gasteiger partial charge on any atom is -0.307 e. The molecule has 0 saturated carbocycles. The van der Waals surface area contributed by atoms with E-state index in [2.05, 4.69) is 29.7 Å². The molecule has 0 atom stereocenters. The molecule has 3 spiro atoms. The number of rotatable bonds is 12. The normalized spacial score (nSPS) is 17.3. The summed E-state index contributed by atoms with van der Waals surface area (Å²) in [6, 6.07) is 39.7. The molecule has 9 heterocycles. The van der Waals surface area contributed by atoms with Crippen LogP contribution in [0.4, 0.5) is 52.2 Å². The standard InChI is InChI=1S/C28H25Cl2F2N3O.C28H26Cl2FN3O.C28H23ClF5N3O/c1-18-14-19(15-26(30)33-18)27(36)35-17-28(22-16-20(29)7-8-25(22)35)9-12-34(13-10-28)11-3-4-21-23(31)5-2-6-24(21)32;1-19-15-21(16-26(30)32-19)27(35)34-18-28(23-17-22(29)8-9-25(23)34)10-13-33(14-11-28)12-4-6-20-5-2-3-7-24(20)31;29-20-4-6-24-22(15-20)27(17-37(24)26(38)19-7-10-35-25(14-19)28(32,33)34)8-12-36(13-9-27)11-1-2-18-3-5-21(30)16-23(18)31/h2-8,14-16H,9-13,17H2,1H3;2-9,15-17H,10-14,18H2,1H3;1-7,10,14-16H,8-9,11-13,17H2/b4-3+;6-4+;2-1+. The number of pyridine rings is 3. The summed E-state index contributed by atoms with van der Waals surface area (Å²) < 4.78 is 108. The lowest BCUT2D eigenvalue weighted by molar-refractivity contribution is -0.141. The quantitative estimate of drug-likeness (QED) is 0.0872. The van der Waals surface area contributed by atoms with Crippen molar-refractivity contribution < 1.29 is 49.5 Å². The molecule has 6 aliphatic heterocycles. The van der Waals surface area contributed by atoms with Gasteiger partial charge in [-0.15, -0.1) is 0 Å². The van der Waals surface area contributed by atoms with Crippen molar-refractivity contribution >= 4 is 111 Å². The topological polar surface area (TPSA) is 109 Å². The van der Waals surface area contributed by atoms with Crippen LogP contribution in [0.25, 0.3) is 18.2 Å². The summed E-state index contributed by atoms with van der Waals surface area (Å²) in [5, 5.41) is 2.45. The molecule has 3 amide bonds. The second kappa shape index (κ2) is 33.0. The Morgan fingerprint density at radius 3 is 1.23 bits per heavy atom. The van der Waals surface area contributed by atoms with Crippen molar-refractivity contribution in [2.24, 2.45) is 0 Å². The molecule has 25 heteroatoms. The third-order valence-electron chi connectivity index (χ3n) is 21.5. The van der Waals surface area contributed by atoms with Gasteiger partial charge in [-0.1, -0.05) is 119 Å². The van der Waals surface area contributed by atoms with E-state index >= 15 is 0 Å². The number of amides is 3. The molecule has 12 nitrogen and oxygen atoms in total. The molecule has 6 aromatic carbocycles. The molecule has 0 radical (unpaired) electrons. The fourth-order valence-electron chi connectivity index (χ4n) is 15.8. The van der Waals surface area contributed by atoms with Crippen LogP contribution in [0.5, 0.6) is 0 Å². The largest absolute Gasteiger partial charge is 0.433 e. The molecular weight excluding hydrogens is 1510 g/mol. The van der Waals surface area contributed by atoms with Crippen LogP contribution in [0, 0.1) is 42.9 Å². The lowest BCUT2D eigenvalue weighted by Gasteiger charge is -2.39. The van der Waals surface area contributed by atoms with E-state index in [0.717, 1.165) is 105 Å². The lowest BCUT2D eigenvalue weighted by Crippen LogP contribution is -2.46. The molecule has 3 fully saturated rings. The number of fused-ring (bicyclic) bond motifs is 6. The fourth-order valence-corrected chi connectivity index (χ4v) is 16.8. The minimum atomic E-state index is -4.66. The summed E-state index contributed by atoms with van der Waals surface area (Å²) >= 11 is 31.4. The van der Waals surface area contributed by atoms with E-state index in [-0.39, 0.29) is 45.0 Å². The van der Waals surface area contributed by atoms with E-state index in [1.54, 1.807) is 60.7 Å². The number of nitrogens with zero attached hydrogens (tertiary/aromatic N) is 9. The Hall–Kier alpha value is -8.83. The zero-order chi connectivity index (χ0) is 77.1. The van der Waals surface area contributed by atoms with E-state index in [4.69, 9.17) is 58.0 Å². The number of aromatic nitrogens is 3. The number of piperidine rings is 3. The van der Waals surface area contributed by atoms with Crippen molar-refractivity contribution in [3.05, 3.63) is 298 Å². The number of alkyl halides is 3. The maximum Gasteiger partial charge on any atom is 0.433 e. The van der Waals surface area contributed by atoms with Gasteiger partial charge >= 0.3 is 6.18 Å². The molecule has 0 N–H and O–H groups in total. The Labute approximate surface area is 651 Å². The number of halogens is 13. The highest BCUT2D eigenvalue weighted by Crippen LogP contribution is 2.52. The Morgan fingerprint density at radius 2 is 0.826 bits per heavy atom. The summed E-state index contributed by atoms with van der Waals surface area (Å²) in [7, 11) is 0. The molecule has 6 aliphatic rings. The van der Waals surface area contributed by atoms with E-state index in [0.29, 0.717) is 123 Å². The molecule has 3 saturated heterocycles. The van der Waals surface area contributed by atoms with E-state index in [1.165, 1.54) is 53.4 Å². The number of likely N-dealkylation sites (tertiary alicyclic amines) is 3. The molecule has 564 valence electrons.